The number of rotatable bonds is 7. The van der Waals surface area contributed by atoms with E-state index in [4.69, 9.17) is 4.74 Å². The average molecular weight is 326 g/mol. The number of sulfonamides is 1. The smallest absolute Gasteiger partial charge is 0.271 e. The molecule has 1 heterocycles. The lowest BCUT2D eigenvalue weighted by Crippen LogP contribution is -2.12. The molecule has 2 aromatic rings. The zero-order valence-corrected chi connectivity index (χ0v) is 13.6. The molecule has 0 atom stereocenters. The van der Waals surface area contributed by atoms with Crippen molar-refractivity contribution in [2.45, 2.75) is 17.7 Å². The summed E-state index contributed by atoms with van der Waals surface area (Å²) >= 11 is 1.21. The number of hydrogen-bond acceptors (Lipinski definition) is 5. The molecule has 0 amide bonds. The van der Waals surface area contributed by atoms with E-state index in [1.165, 1.54) is 11.3 Å². The van der Waals surface area contributed by atoms with Gasteiger partial charge in [-0.3, -0.25) is 4.72 Å². The second-order valence-electron chi connectivity index (χ2n) is 4.39. The Hall–Kier alpha value is -1.57. The Morgan fingerprint density at radius 2 is 2.10 bits per heavy atom. The SMILES string of the molecule is CCNCc1csc(S(=O)(=O)Nc2cccc(OC)c2)c1. The molecule has 0 spiro atoms. The average Bonchev–Trinajstić information content (AvgIpc) is 2.94. The molecule has 0 bridgehead atoms. The number of benzene rings is 1. The van der Waals surface area contributed by atoms with Gasteiger partial charge in [-0.15, -0.1) is 11.3 Å². The molecule has 0 aliphatic rings. The van der Waals surface area contributed by atoms with Crippen LogP contribution in [0.4, 0.5) is 5.69 Å². The molecule has 0 saturated carbocycles. The highest BCUT2D eigenvalue weighted by atomic mass is 32.2. The molecular weight excluding hydrogens is 308 g/mol. The van der Waals surface area contributed by atoms with Crippen LogP contribution in [0.15, 0.2) is 39.9 Å². The van der Waals surface area contributed by atoms with Crippen LogP contribution >= 0.6 is 11.3 Å². The minimum absolute atomic E-state index is 0.304. The van der Waals surface area contributed by atoms with Crippen LogP contribution in [0.25, 0.3) is 0 Å². The first-order valence-electron chi connectivity index (χ1n) is 6.50. The van der Waals surface area contributed by atoms with Crippen LogP contribution in [0.1, 0.15) is 12.5 Å². The lowest BCUT2D eigenvalue weighted by atomic mass is 10.3. The number of hydrogen-bond donors (Lipinski definition) is 2. The Morgan fingerprint density at radius 1 is 1.29 bits per heavy atom. The van der Waals surface area contributed by atoms with E-state index >= 15 is 0 Å². The van der Waals surface area contributed by atoms with Gasteiger partial charge in [0.25, 0.3) is 10.0 Å². The van der Waals surface area contributed by atoms with E-state index in [-0.39, 0.29) is 0 Å². The fourth-order valence-corrected chi connectivity index (χ4v) is 4.01. The van der Waals surface area contributed by atoms with Crippen LogP contribution in [-0.2, 0) is 16.6 Å². The third-order valence-corrected chi connectivity index (χ3v) is 5.67. The highest BCUT2D eigenvalue weighted by Gasteiger charge is 2.17. The van der Waals surface area contributed by atoms with Crippen molar-refractivity contribution in [3.05, 3.63) is 41.3 Å². The van der Waals surface area contributed by atoms with E-state index in [2.05, 4.69) is 10.0 Å². The zero-order valence-electron chi connectivity index (χ0n) is 11.9. The maximum atomic E-state index is 12.3. The van der Waals surface area contributed by atoms with Crippen LogP contribution < -0.4 is 14.8 Å². The molecule has 21 heavy (non-hydrogen) atoms. The Kier molecular flexibility index (Phi) is 5.22. The van der Waals surface area contributed by atoms with E-state index in [1.807, 2.05) is 12.3 Å². The number of anilines is 1. The lowest BCUT2D eigenvalue weighted by molar-refractivity contribution is 0.415. The van der Waals surface area contributed by atoms with Crippen molar-refractivity contribution < 1.29 is 13.2 Å². The summed E-state index contributed by atoms with van der Waals surface area (Å²) in [5.74, 6) is 0.606. The minimum atomic E-state index is -3.56. The number of ether oxygens (including phenoxy) is 1. The molecule has 0 aliphatic carbocycles. The summed E-state index contributed by atoms with van der Waals surface area (Å²) in [6, 6.07) is 8.52. The van der Waals surface area contributed by atoms with Gasteiger partial charge in [-0.05, 0) is 35.7 Å². The molecule has 0 aliphatic heterocycles. The van der Waals surface area contributed by atoms with Crippen molar-refractivity contribution in [3.8, 4) is 5.75 Å². The van der Waals surface area contributed by atoms with Gasteiger partial charge in [0.15, 0.2) is 0 Å². The van der Waals surface area contributed by atoms with Crippen molar-refractivity contribution in [2.24, 2.45) is 0 Å². The Bertz CT molecular complexity index is 696. The van der Waals surface area contributed by atoms with Gasteiger partial charge >= 0.3 is 0 Å². The van der Waals surface area contributed by atoms with Crippen molar-refractivity contribution >= 4 is 27.0 Å². The first-order valence-corrected chi connectivity index (χ1v) is 8.86. The maximum Gasteiger partial charge on any atom is 0.271 e. The second-order valence-corrected chi connectivity index (χ2v) is 7.21. The van der Waals surface area contributed by atoms with Crippen LogP contribution in [0, 0.1) is 0 Å². The van der Waals surface area contributed by atoms with Crippen molar-refractivity contribution in [1.29, 1.82) is 0 Å². The molecule has 0 unspecified atom stereocenters. The number of thiophene rings is 1. The minimum Gasteiger partial charge on any atom is -0.497 e. The van der Waals surface area contributed by atoms with E-state index in [0.29, 0.717) is 22.2 Å². The third-order valence-electron chi connectivity index (χ3n) is 2.80. The molecule has 0 saturated heterocycles. The molecule has 1 aromatic heterocycles. The van der Waals surface area contributed by atoms with E-state index < -0.39 is 10.0 Å². The largest absolute Gasteiger partial charge is 0.497 e. The molecule has 2 rings (SSSR count). The van der Waals surface area contributed by atoms with E-state index in [9.17, 15) is 8.42 Å². The van der Waals surface area contributed by atoms with E-state index in [0.717, 1.165) is 12.1 Å². The molecule has 7 heteroatoms. The van der Waals surface area contributed by atoms with Gasteiger partial charge in [0.2, 0.25) is 0 Å². The van der Waals surface area contributed by atoms with Gasteiger partial charge < -0.3 is 10.1 Å². The summed E-state index contributed by atoms with van der Waals surface area (Å²) in [6.07, 6.45) is 0. The van der Waals surface area contributed by atoms with Crippen LogP contribution in [0.2, 0.25) is 0 Å². The third kappa shape index (κ3) is 4.20. The van der Waals surface area contributed by atoms with Gasteiger partial charge in [0.1, 0.15) is 9.96 Å². The fourth-order valence-electron chi connectivity index (χ4n) is 1.75. The number of methoxy groups -OCH3 is 1. The predicted octanol–water partition coefficient (Wildman–Crippen LogP) is 2.67. The van der Waals surface area contributed by atoms with Gasteiger partial charge in [-0.1, -0.05) is 13.0 Å². The van der Waals surface area contributed by atoms with Gasteiger partial charge in [0.05, 0.1) is 12.8 Å². The Morgan fingerprint density at radius 3 is 2.81 bits per heavy atom. The molecule has 114 valence electrons. The summed E-state index contributed by atoms with van der Waals surface area (Å²) in [5, 5.41) is 5.02. The molecular formula is C14H18N2O3S2. The summed E-state index contributed by atoms with van der Waals surface area (Å²) in [7, 11) is -2.02. The van der Waals surface area contributed by atoms with Crippen molar-refractivity contribution in [2.75, 3.05) is 18.4 Å². The van der Waals surface area contributed by atoms with Gasteiger partial charge in [-0.2, -0.15) is 0 Å². The number of nitrogens with one attached hydrogen (secondary N) is 2. The maximum absolute atomic E-state index is 12.3. The van der Waals surface area contributed by atoms with Crippen molar-refractivity contribution in [3.63, 3.8) is 0 Å². The fraction of sp³-hybridized carbons (Fsp3) is 0.286. The highest BCUT2D eigenvalue weighted by molar-refractivity contribution is 7.94. The van der Waals surface area contributed by atoms with E-state index in [1.54, 1.807) is 37.4 Å². The monoisotopic (exact) mass is 326 g/mol. The first-order chi connectivity index (χ1) is 10.0. The zero-order chi connectivity index (χ0) is 15.3. The lowest BCUT2D eigenvalue weighted by Gasteiger charge is -2.07. The van der Waals surface area contributed by atoms with Crippen LogP contribution in [0.3, 0.4) is 0 Å². The molecule has 0 fully saturated rings. The molecule has 5 nitrogen and oxygen atoms in total. The summed E-state index contributed by atoms with van der Waals surface area (Å²) < 4.78 is 32.6. The quantitative estimate of drug-likeness (QED) is 0.821. The standard InChI is InChI=1S/C14H18N2O3S2/c1-3-15-9-11-7-14(20-10-11)21(17,18)16-12-5-4-6-13(8-12)19-2/h4-8,10,15-16H,3,9H2,1-2H3. The van der Waals surface area contributed by atoms with Crippen LogP contribution in [-0.4, -0.2) is 22.1 Å². The molecule has 0 radical (unpaired) electrons. The predicted molar refractivity (Wildman–Crippen MR) is 85.5 cm³/mol. The topological polar surface area (TPSA) is 67.4 Å². The first kappa shape index (κ1) is 15.8. The highest BCUT2D eigenvalue weighted by Crippen LogP contribution is 2.24. The summed E-state index contributed by atoms with van der Waals surface area (Å²) in [6.45, 7) is 3.52. The Labute approximate surface area is 129 Å². The second kappa shape index (κ2) is 6.93. The molecule has 2 N–H and O–H groups in total. The Balaban J connectivity index is 2.15. The van der Waals surface area contributed by atoms with Crippen LogP contribution in [0.5, 0.6) is 5.75 Å². The summed E-state index contributed by atoms with van der Waals surface area (Å²) in [5.41, 5.74) is 1.45. The van der Waals surface area contributed by atoms with Crippen molar-refractivity contribution in [1.82, 2.24) is 5.32 Å². The van der Waals surface area contributed by atoms with Gasteiger partial charge in [0, 0.05) is 12.6 Å². The summed E-state index contributed by atoms with van der Waals surface area (Å²) in [4.78, 5) is 0. The normalized spacial score (nSPS) is 11.3. The van der Waals surface area contributed by atoms with Gasteiger partial charge in [-0.25, -0.2) is 8.42 Å². The molecule has 1 aromatic carbocycles.